The molecule has 0 saturated carbocycles. The molecule has 0 N–H and O–H groups in total. The molecule has 0 saturated heterocycles. The van der Waals surface area contributed by atoms with Crippen molar-refractivity contribution in [3.8, 4) is 0 Å². The number of benzene rings is 2. The molecule has 0 amide bonds. The van der Waals surface area contributed by atoms with E-state index in [0.29, 0.717) is 0 Å². The molecule has 0 radical (unpaired) electrons. The predicted molar refractivity (Wildman–Crippen MR) is 76.4 cm³/mol. The van der Waals surface area contributed by atoms with Crippen LogP contribution in [0.2, 0.25) is 0 Å². The second kappa shape index (κ2) is 3.87. The summed E-state index contributed by atoms with van der Waals surface area (Å²) in [5.41, 5.74) is 1.86. The molecule has 0 aromatic heterocycles. The molecule has 0 nitrogen and oxygen atoms in total. The van der Waals surface area contributed by atoms with Crippen molar-refractivity contribution in [3.05, 3.63) is 48.0 Å². The SMILES string of the molecule is CC(C)(C)C(C)(C)c1ccc2ccccc2c1. The summed E-state index contributed by atoms with van der Waals surface area (Å²) in [7, 11) is 0. The van der Waals surface area contributed by atoms with E-state index >= 15 is 0 Å². The minimum absolute atomic E-state index is 0.178. The zero-order chi connectivity index (χ0) is 12.7. The van der Waals surface area contributed by atoms with Crippen molar-refractivity contribution >= 4 is 10.8 Å². The maximum atomic E-state index is 2.33. The van der Waals surface area contributed by atoms with Crippen LogP contribution in [0.25, 0.3) is 10.8 Å². The highest BCUT2D eigenvalue weighted by atomic mass is 14.4. The quantitative estimate of drug-likeness (QED) is 0.629. The van der Waals surface area contributed by atoms with Gasteiger partial charge in [-0.05, 0) is 27.2 Å². The molecule has 2 aromatic carbocycles. The standard InChI is InChI=1S/C17H22/c1-16(2,3)17(4,5)15-11-10-13-8-6-7-9-14(13)12-15/h6-12H,1-5H3. The minimum Gasteiger partial charge on any atom is -0.0616 e. The van der Waals surface area contributed by atoms with Gasteiger partial charge in [0.25, 0.3) is 0 Å². The van der Waals surface area contributed by atoms with Crippen molar-refractivity contribution in [2.75, 3.05) is 0 Å². The lowest BCUT2D eigenvalue weighted by atomic mass is 9.65. The van der Waals surface area contributed by atoms with E-state index in [1.54, 1.807) is 0 Å². The lowest BCUT2D eigenvalue weighted by Gasteiger charge is -2.39. The normalized spacial score (nSPS) is 13.0. The van der Waals surface area contributed by atoms with Gasteiger partial charge in [0.15, 0.2) is 0 Å². The first-order chi connectivity index (χ1) is 7.82. The van der Waals surface area contributed by atoms with Crippen LogP contribution in [0.1, 0.15) is 40.2 Å². The first-order valence-electron chi connectivity index (χ1n) is 6.32. The molecule has 0 unspecified atom stereocenters. The Morgan fingerprint density at radius 2 is 1.29 bits per heavy atom. The molecule has 17 heavy (non-hydrogen) atoms. The van der Waals surface area contributed by atoms with Crippen LogP contribution in [-0.4, -0.2) is 0 Å². The van der Waals surface area contributed by atoms with E-state index in [1.807, 2.05) is 0 Å². The van der Waals surface area contributed by atoms with Gasteiger partial charge < -0.3 is 0 Å². The zero-order valence-corrected chi connectivity index (χ0v) is 11.5. The molecule has 90 valence electrons. The molecule has 0 bridgehead atoms. The smallest absolute Gasteiger partial charge is 0.00548 e. The Morgan fingerprint density at radius 3 is 1.88 bits per heavy atom. The number of hydrogen-bond acceptors (Lipinski definition) is 0. The van der Waals surface area contributed by atoms with E-state index in [0.717, 1.165) is 0 Å². The summed E-state index contributed by atoms with van der Waals surface area (Å²) >= 11 is 0. The maximum Gasteiger partial charge on any atom is -0.00548 e. The van der Waals surface area contributed by atoms with E-state index < -0.39 is 0 Å². The average Bonchev–Trinajstić information content (AvgIpc) is 2.27. The molecule has 0 atom stereocenters. The van der Waals surface area contributed by atoms with Gasteiger partial charge in [-0.3, -0.25) is 0 Å². The van der Waals surface area contributed by atoms with Crippen LogP contribution in [0.5, 0.6) is 0 Å². The fourth-order valence-corrected chi connectivity index (χ4v) is 2.01. The Balaban J connectivity index is 2.57. The summed E-state index contributed by atoms with van der Waals surface area (Å²) in [6, 6.07) is 15.4. The largest absolute Gasteiger partial charge is 0.0616 e. The van der Waals surface area contributed by atoms with Crippen molar-refractivity contribution < 1.29 is 0 Å². The summed E-state index contributed by atoms with van der Waals surface area (Å²) in [6.45, 7) is 11.6. The Bertz CT molecular complexity index is 527. The third-order valence-electron chi connectivity index (χ3n) is 4.35. The Hall–Kier alpha value is -1.30. The van der Waals surface area contributed by atoms with Crippen LogP contribution in [0, 0.1) is 5.41 Å². The van der Waals surface area contributed by atoms with Crippen molar-refractivity contribution in [3.63, 3.8) is 0 Å². The molecule has 0 aliphatic rings. The van der Waals surface area contributed by atoms with E-state index in [1.165, 1.54) is 16.3 Å². The predicted octanol–water partition coefficient (Wildman–Crippen LogP) is 5.16. The van der Waals surface area contributed by atoms with Crippen LogP contribution >= 0.6 is 0 Å². The highest BCUT2D eigenvalue weighted by molar-refractivity contribution is 5.83. The molecule has 0 heterocycles. The lowest BCUT2D eigenvalue weighted by molar-refractivity contribution is 0.225. The lowest BCUT2D eigenvalue weighted by Crippen LogP contribution is -2.33. The first kappa shape index (κ1) is 12.2. The van der Waals surface area contributed by atoms with Crippen LogP contribution in [0.4, 0.5) is 0 Å². The van der Waals surface area contributed by atoms with Crippen molar-refractivity contribution in [2.24, 2.45) is 5.41 Å². The van der Waals surface area contributed by atoms with Crippen molar-refractivity contribution in [1.29, 1.82) is 0 Å². The molecular weight excluding hydrogens is 204 g/mol. The monoisotopic (exact) mass is 226 g/mol. The van der Waals surface area contributed by atoms with Gasteiger partial charge in [-0.25, -0.2) is 0 Å². The molecule has 0 spiro atoms. The number of fused-ring (bicyclic) bond motifs is 1. The first-order valence-corrected chi connectivity index (χ1v) is 6.32. The van der Waals surface area contributed by atoms with Crippen molar-refractivity contribution in [1.82, 2.24) is 0 Å². The topological polar surface area (TPSA) is 0 Å². The van der Waals surface area contributed by atoms with Crippen LogP contribution in [0.3, 0.4) is 0 Å². The Morgan fingerprint density at radius 1 is 0.706 bits per heavy atom. The third kappa shape index (κ3) is 2.09. The summed E-state index contributed by atoms with van der Waals surface area (Å²) < 4.78 is 0. The van der Waals surface area contributed by atoms with Crippen molar-refractivity contribution in [2.45, 2.75) is 40.0 Å². The van der Waals surface area contributed by atoms with Gasteiger partial charge in [-0.15, -0.1) is 0 Å². The summed E-state index contributed by atoms with van der Waals surface area (Å²) in [5, 5.41) is 2.66. The molecule has 2 aromatic rings. The van der Waals surface area contributed by atoms with E-state index in [2.05, 4.69) is 77.1 Å². The fourth-order valence-electron chi connectivity index (χ4n) is 2.01. The van der Waals surface area contributed by atoms with Crippen LogP contribution < -0.4 is 0 Å². The molecular formula is C17H22. The molecule has 0 aliphatic carbocycles. The average molecular weight is 226 g/mol. The molecule has 0 aliphatic heterocycles. The molecule has 2 rings (SSSR count). The van der Waals surface area contributed by atoms with Crippen LogP contribution in [-0.2, 0) is 5.41 Å². The maximum absolute atomic E-state index is 2.33. The third-order valence-corrected chi connectivity index (χ3v) is 4.35. The molecule has 0 heteroatoms. The number of hydrogen-bond donors (Lipinski definition) is 0. The minimum atomic E-state index is 0.178. The summed E-state index contributed by atoms with van der Waals surface area (Å²) in [5.74, 6) is 0. The van der Waals surface area contributed by atoms with Gasteiger partial charge in [0.1, 0.15) is 0 Å². The summed E-state index contributed by atoms with van der Waals surface area (Å²) in [4.78, 5) is 0. The Kier molecular flexibility index (Phi) is 2.77. The van der Waals surface area contributed by atoms with E-state index in [-0.39, 0.29) is 10.8 Å². The Labute approximate surface area is 105 Å². The van der Waals surface area contributed by atoms with E-state index in [9.17, 15) is 0 Å². The van der Waals surface area contributed by atoms with Gasteiger partial charge in [-0.2, -0.15) is 0 Å². The van der Waals surface area contributed by atoms with Gasteiger partial charge in [0.05, 0.1) is 0 Å². The fraction of sp³-hybridized carbons (Fsp3) is 0.412. The second-order valence-corrected chi connectivity index (χ2v) is 6.44. The number of rotatable bonds is 1. The zero-order valence-electron chi connectivity index (χ0n) is 11.5. The van der Waals surface area contributed by atoms with Crippen LogP contribution in [0.15, 0.2) is 42.5 Å². The van der Waals surface area contributed by atoms with Gasteiger partial charge in [-0.1, -0.05) is 77.1 Å². The van der Waals surface area contributed by atoms with Gasteiger partial charge in [0.2, 0.25) is 0 Å². The van der Waals surface area contributed by atoms with E-state index in [4.69, 9.17) is 0 Å². The summed E-state index contributed by atoms with van der Waals surface area (Å²) in [6.07, 6.45) is 0. The highest BCUT2D eigenvalue weighted by Gasteiger charge is 2.34. The molecule has 0 fully saturated rings. The van der Waals surface area contributed by atoms with Gasteiger partial charge >= 0.3 is 0 Å². The second-order valence-electron chi connectivity index (χ2n) is 6.44. The van der Waals surface area contributed by atoms with Gasteiger partial charge in [0, 0.05) is 0 Å². The highest BCUT2D eigenvalue weighted by Crippen LogP contribution is 2.41.